The van der Waals surface area contributed by atoms with Crippen LogP contribution >= 0.6 is 11.3 Å². The number of carbonyl (C=O) groups excluding carboxylic acids is 1. The normalized spacial score (nSPS) is 23.9. The van der Waals surface area contributed by atoms with Crippen molar-refractivity contribution in [1.82, 2.24) is 4.98 Å². The molecule has 1 saturated carbocycles. The lowest BCUT2D eigenvalue weighted by atomic mass is 10.3. The zero-order chi connectivity index (χ0) is 11.2. The Labute approximate surface area is 91.0 Å². The molecule has 1 fully saturated rings. The van der Waals surface area contributed by atoms with E-state index in [1.165, 1.54) is 18.3 Å². The number of hydrogen-bond acceptors (Lipinski definition) is 4. The highest BCUT2D eigenvalue weighted by Crippen LogP contribution is 2.48. The quantitative estimate of drug-likeness (QED) is 0.800. The highest BCUT2D eigenvalue weighted by atomic mass is 32.1. The number of hydrogen-bond donors (Lipinski definition) is 1. The van der Waals surface area contributed by atoms with Gasteiger partial charge in [-0.1, -0.05) is 6.92 Å². The van der Waals surface area contributed by atoms with E-state index in [4.69, 9.17) is 5.11 Å². The molecule has 1 aliphatic rings. The molecule has 1 aromatic heterocycles. The molecule has 0 radical (unpaired) electrons. The third-order valence-electron chi connectivity index (χ3n) is 2.59. The molecule has 0 aromatic carbocycles. The molecule has 15 heavy (non-hydrogen) atoms. The van der Waals surface area contributed by atoms with Crippen molar-refractivity contribution in [3.63, 3.8) is 0 Å². The van der Waals surface area contributed by atoms with Gasteiger partial charge in [-0.05, 0) is 12.3 Å². The van der Waals surface area contributed by atoms with Gasteiger partial charge in [0.25, 0.3) is 0 Å². The summed E-state index contributed by atoms with van der Waals surface area (Å²) in [7, 11) is 0. The van der Waals surface area contributed by atoms with Gasteiger partial charge >= 0.3 is 5.97 Å². The number of ketones is 1. The van der Waals surface area contributed by atoms with E-state index in [-0.39, 0.29) is 16.4 Å². The first-order valence-electron chi connectivity index (χ1n) is 4.75. The summed E-state index contributed by atoms with van der Waals surface area (Å²) < 4.78 is 0. The van der Waals surface area contributed by atoms with Gasteiger partial charge in [0.05, 0.1) is 5.01 Å². The number of Topliss-reactive ketones (excluding diaryl/α,β-unsaturated/α-hetero) is 1. The smallest absolute Gasteiger partial charge is 0.356 e. The van der Waals surface area contributed by atoms with Crippen molar-refractivity contribution in [2.75, 3.05) is 0 Å². The molecule has 0 bridgehead atoms. The Balaban J connectivity index is 2.40. The fraction of sp³-hybridized carbons (Fsp3) is 0.500. The van der Waals surface area contributed by atoms with Gasteiger partial charge in [0.1, 0.15) is 4.88 Å². The van der Waals surface area contributed by atoms with E-state index < -0.39 is 5.97 Å². The van der Waals surface area contributed by atoms with Crippen molar-refractivity contribution in [1.29, 1.82) is 0 Å². The lowest BCUT2D eigenvalue weighted by Crippen LogP contribution is -2.03. The molecule has 1 aliphatic carbocycles. The molecule has 0 amide bonds. The topological polar surface area (TPSA) is 67.3 Å². The van der Waals surface area contributed by atoms with Crippen molar-refractivity contribution in [2.45, 2.75) is 26.2 Å². The van der Waals surface area contributed by atoms with Crippen LogP contribution in [0.2, 0.25) is 0 Å². The maximum Gasteiger partial charge on any atom is 0.356 e. The monoisotopic (exact) mass is 225 g/mol. The highest BCUT2D eigenvalue weighted by Gasteiger charge is 2.38. The van der Waals surface area contributed by atoms with Gasteiger partial charge in [0.2, 0.25) is 0 Å². The number of carbonyl (C=O) groups is 2. The molecule has 5 heteroatoms. The first-order chi connectivity index (χ1) is 7.00. The van der Waals surface area contributed by atoms with Crippen molar-refractivity contribution in [3.8, 4) is 0 Å². The van der Waals surface area contributed by atoms with E-state index in [9.17, 15) is 9.59 Å². The summed E-state index contributed by atoms with van der Waals surface area (Å²) in [6.07, 6.45) is 1.05. The summed E-state index contributed by atoms with van der Waals surface area (Å²) in [6.45, 7) is 3.47. The summed E-state index contributed by atoms with van der Waals surface area (Å²) >= 11 is 1.23. The minimum atomic E-state index is -1.11. The van der Waals surface area contributed by atoms with Gasteiger partial charge in [-0.15, -0.1) is 11.3 Å². The third kappa shape index (κ3) is 1.79. The summed E-state index contributed by atoms with van der Waals surface area (Å²) in [5.74, 6) is -0.403. The van der Waals surface area contributed by atoms with Crippen molar-refractivity contribution < 1.29 is 14.7 Å². The third-order valence-corrected chi connectivity index (χ3v) is 3.88. The fourth-order valence-corrected chi connectivity index (χ4v) is 2.74. The van der Waals surface area contributed by atoms with E-state index >= 15 is 0 Å². The Bertz CT molecular complexity index is 406. The lowest BCUT2D eigenvalue weighted by Gasteiger charge is -1.89. The van der Waals surface area contributed by atoms with E-state index in [0.717, 1.165) is 11.4 Å². The molecule has 2 rings (SSSR count). The molecular weight excluding hydrogens is 214 g/mol. The molecular formula is C10H11NO3S. The number of carboxylic acids is 1. The summed E-state index contributed by atoms with van der Waals surface area (Å²) in [6, 6.07) is 0. The number of nitrogens with zero attached hydrogens (tertiary/aromatic N) is 1. The van der Waals surface area contributed by atoms with Crippen LogP contribution in [0.1, 0.15) is 51.4 Å². The predicted octanol–water partition coefficient (Wildman–Crippen LogP) is 2.17. The van der Waals surface area contributed by atoms with Crippen LogP contribution in [0.5, 0.6) is 0 Å². The van der Waals surface area contributed by atoms with E-state index in [1.807, 2.05) is 0 Å². The van der Waals surface area contributed by atoms with Crippen molar-refractivity contribution >= 4 is 23.1 Å². The first-order valence-corrected chi connectivity index (χ1v) is 5.57. The molecule has 4 nitrogen and oxygen atoms in total. The first kappa shape index (κ1) is 10.3. The van der Waals surface area contributed by atoms with Crippen LogP contribution in [-0.2, 0) is 0 Å². The Morgan fingerprint density at radius 2 is 2.13 bits per heavy atom. The van der Waals surface area contributed by atoms with Crippen LogP contribution < -0.4 is 0 Å². The number of thiazole rings is 1. The van der Waals surface area contributed by atoms with Crippen LogP contribution in [0.25, 0.3) is 0 Å². The number of aromatic carboxylic acids is 1. The Hall–Kier alpha value is -1.23. The average molecular weight is 225 g/mol. The Kier molecular flexibility index (Phi) is 2.34. The minimum absolute atomic E-state index is 0.0819. The van der Waals surface area contributed by atoms with E-state index in [2.05, 4.69) is 11.9 Å². The maximum atomic E-state index is 11.2. The second-order valence-electron chi connectivity index (χ2n) is 3.91. The predicted molar refractivity (Wildman–Crippen MR) is 55.6 cm³/mol. The number of carboxylic acid groups (broad SMARTS) is 1. The molecule has 2 unspecified atom stereocenters. The Morgan fingerprint density at radius 3 is 2.47 bits per heavy atom. The van der Waals surface area contributed by atoms with E-state index in [0.29, 0.717) is 11.8 Å². The number of aromatic nitrogens is 1. The molecule has 80 valence electrons. The molecule has 1 N–H and O–H groups in total. The van der Waals surface area contributed by atoms with Crippen LogP contribution in [0.3, 0.4) is 0 Å². The largest absolute Gasteiger partial charge is 0.476 e. The van der Waals surface area contributed by atoms with Crippen molar-refractivity contribution in [2.24, 2.45) is 5.92 Å². The maximum absolute atomic E-state index is 11.2. The molecule has 0 saturated heterocycles. The standard InChI is InChI=1S/C10H11NO3S/c1-4-3-6(4)9-11-7(10(13)14)8(15-9)5(2)12/h4,6H,3H2,1-2H3,(H,13,14). The zero-order valence-corrected chi connectivity index (χ0v) is 9.30. The fourth-order valence-electron chi connectivity index (χ4n) is 1.55. The molecule has 0 aliphatic heterocycles. The summed E-state index contributed by atoms with van der Waals surface area (Å²) in [5, 5.41) is 9.68. The van der Waals surface area contributed by atoms with Gasteiger partial charge < -0.3 is 5.11 Å². The van der Waals surface area contributed by atoms with Gasteiger partial charge in [0, 0.05) is 12.8 Å². The van der Waals surface area contributed by atoms with Gasteiger partial charge in [-0.2, -0.15) is 0 Å². The van der Waals surface area contributed by atoms with E-state index in [1.54, 1.807) is 0 Å². The highest BCUT2D eigenvalue weighted by molar-refractivity contribution is 7.14. The molecule has 0 spiro atoms. The van der Waals surface area contributed by atoms with Gasteiger partial charge in [-0.3, -0.25) is 4.79 Å². The Morgan fingerprint density at radius 1 is 1.53 bits per heavy atom. The second kappa shape index (κ2) is 3.41. The number of rotatable bonds is 3. The zero-order valence-electron chi connectivity index (χ0n) is 8.48. The molecule has 2 atom stereocenters. The average Bonchev–Trinajstić information content (AvgIpc) is 2.72. The molecule has 1 heterocycles. The summed E-state index contributed by atoms with van der Waals surface area (Å²) in [4.78, 5) is 26.4. The SMILES string of the molecule is CC(=O)c1sc(C2CC2C)nc1C(=O)O. The minimum Gasteiger partial charge on any atom is -0.476 e. The van der Waals surface area contributed by atoms with Crippen LogP contribution in [0, 0.1) is 5.92 Å². The van der Waals surface area contributed by atoms with Crippen LogP contribution in [0.4, 0.5) is 0 Å². The van der Waals surface area contributed by atoms with Gasteiger partial charge in [-0.25, -0.2) is 9.78 Å². The van der Waals surface area contributed by atoms with Gasteiger partial charge in [0.15, 0.2) is 11.5 Å². The summed E-state index contributed by atoms with van der Waals surface area (Å²) in [5.41, 5.74) is -0.0819. The molecule has 1 aromatic rings. The van der Waals surface area contributed by atoms with Crippen LogP contribution in [-0.4, -0.2) is 21.8 Å². The lowest BCUT2D eigenvalue weighted by molar-refractivity contribution is 0.0687. The van der Waals surface area contributed by atoms with Crippen molar-refractivity contribution in [3.05, 3.63) is 15.6 Å². The second-order valence-corrected chi connectivity index (χ2v) is 4.94. The van der Waals surface area contributed by atoms with Crippen LogP contribution in [0.15, 0.2) is 0 Å².